The minimum Gasteiger partial charge on any atom is -0.487 e. The third kappa shape index (κ3) is 4.70. The van der Waals surface area contributed by atoms with Gasteiger partial charge in [-0.1, -0.05) is 12.1 Å². The number of benzene rings is 1. The summed E-state index contributed by atoms with van der Waals surface area (Å²) in [6.07, 6.45) is 1.91. The summed E-state index contributed by atoms with van der Waals surface area (Å²) in [5.41, 5.74) is 3.87. The average Bonchev–Trinajstić information content (AvgIpc) is 3.08. The maximum atomic E-state index is 12.4. The van der Waals surface area contributed by atoms with Gasteiger partial charge in [0.2, 0.25) is 5.91 Å². The second-order valence-corrected chi connectivity index (χ2v) is 8.58. The molecule has 4 rings (SSSR count). The van der Waals surface area contributed by atoms with E-state index in [0.717, 1.165) is 41.1 Å². The summed E-state index contributed by atoms with van der Waals surface area (Å²) < 4.78 is 6.21. The van der Waals surface area contributed by atoms with E-state index in [2.05, 4.69) is 38.9 Å². The SMILES string of the molecule is Cc1cc(C)nc(-c2cccc3c2OC(CNC(=O)C[C@@H]2C[C@@H](C)NC(=S)N2)C3)n1. The third-order valence-corrected chi connectivity index (χ3v) is 5.60. The molecule has 158 valence electrons. The molecule has 2 aromatic rings. The Bertz CT molecular complexity index is 960. The Balaban J connectivity index is 1.37. The Morgan fingerprint density at radius 2 is 2.03 bits per heavy atom. The number of amides is 1. The Morgan fingerprint density at radius 3 is 2.77 bits per heavy atom. The van der Waals surface area contributed by atoms with Gasteiger partial charge in [-0.05, 0) is 57.1 Å². The van der Waals surface area contributed by atoms with E-state index in [1.165, 1.54) is 0 Å². The monoisotopic (exact) mass is 425 g/mol. The van der Waals surface area contributed by atoms with Crippen LogP contribution in [0, 0.1) is 13.8 Å². The van der Waals surface area contributed by atoms with Crippen LogP contribution in [0.3, 0.4) is 0 Å². The molecule has 0 aliphatic carbocycles. The number of carbonyl (C=O) groups excluding carboxylic acids is 1. The number of nitrogens with zero attached hydrogens (tertiary/aromatic N) is 2. The van der Waals surface area contributed by atoms with E-state index in [-0.39, 0.29) is 24.1 Å². The van der Waals surface area contributed by atoms with Crippen molar-refractivity contribution in [2.24, 2.45) is 0 Å². The number of fused-ring (bicyclic) bond motifs is 1. The summed E-state index contributed by atoms with van der Waals surface area (Å²) in [6, 6.07) is 8.34. The van der Waals surface area contributed by atoms with Crippen LogP contribution in [-0.2, 0) is 11.2 Å². The topological polar surface area (TPSA) is 88.2 Å². The first-order chi connectivity index (χ1) is 14.4. The molecule has 0 bridgehead atoms. The van der Waals surface area contributed by atoms with Gasteiger partial charge in [0.1, 0.15) is 11.9 Å². The van der Waals surface area contributed by atoms with Crippen molar-refractivity contribution < 1.29 is 9.53 Å². The van der Waals surface area contributed by atoms with Crippen molar-refractivity contribution >= 4 is 23.2 Å². The van der Waals surface area contributed by atoms with Crippen LogP contribution in [0.4, 0.5) is 0 Å². The van der Waals surface area contributed by atoms with Crippen LogP contribution < -0.4 is 20.7 Å². The second kappa shape index (κ2) is 8.55. The fourth-order valence-electron chi connectivity index (χ4n) is 4.13. The smallest absolute Gasteiger partial charge is 0.222 e. The number of hydrogen-bond acceptors (Lipinski definition) is 5. The van der Waals surface area contributed by atoms with Gasteiger partial charge in [0.25, 0.3) is 0 Å². The van der Waals surface area contributed by atoms with E-state index in [1.807, 2.05) is 32.0 Å². The molecule has 30 heavy (non-hydrogen) atoms. The highest BCUT2D eigenvalue weighted by atomic mass is 32.1. The molecule has 0 saturated carbocycles. The highest BCUT2D eigenvalue weighted by molar-refractivity contribution is 7.80. The molecule has 8 heteroatoms. The molecule has 3 atom stereocenters. The van der Waals surface area contributed by atoms with Crippen molar-refractivity contribution in [3.8, 4) is 17.1 Å². The van der Waals surface area contributed by atoms with Crippen molar-refractivity contribution in [1.82, 2.24) is 25.9 Å². The zero-order chi connectivity index (χ0) is 21.3. The molecule has 0 spiro atoms. The molecule has 1 unspecified atom stereocenters. The molecule has 1 saturated heterocycles. The summed E-state index contributed by atoms with van der Waals surface area (Å²) in [6.45, 7) is 6.46. The molecule has 1 aromatic heterocycles. The summed E-state index contributed by atoms with van der Waals surface area (Å²) >= 11 is 5.19. The van der Waals surface area contributed by atoms with Gasteiger partial charge in [-0.3, -0.25) is 4.79 Å². The maximum absolute atomic E-state index is 12.4. The highest BCUT2D eigenvalue weighted by Crippen LogP contribution is 2.37. The number of para-hydroxylation sites is 1. The predicted molar refractivity (Wildman–Crippen MR) is 119 cm³/mol. The number of carbonyl (C=O) groups is 1. The molecule has 0 radical (unpaired) electrons. The van der Waals surface area contributed by atoms with Crippen LogP contribution in [0.2, 0.25) is 0 Å². The number of nitrogens with one attached hydrogen (secondary N) is 3. The molecule has 2 aliphatic rings. The minimum absolute atomic E-state index is 0.00169. The number of aromatic nitrogens is 2. The maximum Gasteiger partial charge on any atom is 0.222 e. The lowest BCUT2D eigenvalue weighted by Gasteiger charge is -2.30. The standard InChI is InChI=1S/C22H27N5O2S/c1-12-7-13(2)25-21(24-12)18-6-4-5-15-9-17(29-20(15)18)11-23-19(28)10-16-8-14(3)26-22(30)27-16/h4-7,14,16-17H,8-11H2,1-3H3,(H,23,28)(H2,26,27,30)/t14-,16+,17?/m1/s1. The van der Waals surface area contributed by atoms with Crippen molar-refractivity contribution in [3.63, 3.8) is 0 Å². The van der Waals surface area contributed by atoms with Gasteiger partial charge in [0, 0.05) is 36.3 Å². The molecule has 7 nitrogen and oxygen atoms in total. The fourth-order valence-corrected chi connectivity index (χ4v) is 4.50. The van der Waals surface area contributed by atoms with Gasteiger partial charge in [0.05, 0.1) is 12.1 Å². The van der Waals surface area contributed by atoms with E-state index in [9.17, 15) is 4.79 Å². The lowest BCUT2D eigenvalue weighted by atomic mass is 10.0. The first-order valence-corrected chi connectivity index (χ1v) is 10.7. The normalized spacial score (nSPS) is 22.5. The molecule has 1 fully saturated rings. The molecule has 2 aliphatic heterocycles. The third-order valence-electron chi connectivity index (χ3n) is 5.36. The second-order valence-electron chi connectivity index (χ2n) is 8.17. The molecule has 1 aromatic carbocycles. The van der Waals surface area contributed by atoms with E-state index in [4.69, 9.17) is 17.0 Å². The van der Waals surface area contributed by atoms with E-state index < -0.39 is 0 Å². The first kappa shape index (κ1) is 20.5. The minimum atomic E-state index is -0.100. The number of ether oxygens (including phenoxy) is 1. The largest absolute Gasteiger partial charge is 0.487 e. The zero-order valence-electron chi connectivity index (χ0n) is 17.5. The van der Waals surface area contributed by atoms with Crippen molar-refractivity contribution in [2.45, 2.75) is 58.2 Å². The van der Waals surface area contributed by atoms with Gasteiger partial charge in [0.15, 0.2) is 10.9 Å². The van der Waals surface area contributed by atoms with E-state index in [1.54, 1.807) is 0 Å². The van der Waals surface area contributed by atoms with Crippen LogP contribution >= 0.6 is 12.2 Å². The molecular formula is C22H27N5O2S. The Hall–Kier alpha value is -2.74. The zero-order valence-corrected chi connectivity index (χ0v) is 18.3. The first-order valence-electron chi connectivity index (χ1n) is 10.3. The van der Waals surface area contributed by atoms with Gasteiger partial charge in [-0.15, -0.1) is 0 Å². The predicted octanol–water partition coefficient (Wildman–Crippen LogP) is 2.20. The van der Waals surface area contributed by atoms with E-state index in [0.29, 0.717) is 23.9 Å². The fraction of sp³-hybridized carbons (Fsp3) is 0.455. The highest BCUT2D eigenvalue weighted by Gasteiger charge is 2.28. The number of thiocarbonyl (C=S) groups is 1. The summed E-state index contributed by atoms with van der Waals surface area (Å²) in [5, 5.41) is 9.95. The van der Waals surface area contributed by atoms with Crippen LogP contribution in [0.5, 0.6) is 5.75 Å². The summed E-state index contributed by atoms with van der Waals surface area (Å²) in [5.74, 6) is 1.50. The Labute approximate surface area is 182 Å². The van der Waals surface area contributed by atoms with Gasteiger partial charge in [-0.25, -0.2) is 9.97 Å². The average molecular weight is 426 g/mol. The number of rotatable bonds is 5. The summed E-state index contributed by atoms with van der Waals surface area (Å²) in [7, 11) is 0. The molecular weight excluding hydrogens is 398 g/mol. The van der Waals surface area contributed by atoms with Gasteiger partial charge < -0.3 is 20.7 Å². The van der Waals surface area contributed by atoms with Gasteiger partial charge in [-0.2, -0.15) is 0 Å². The van der Waals surface area contributed by atoms with Gasteiger partial charge >= 0.3 is 0 Å². The Kier molecular flexibility index (Phi) is 5.85. The van der Waals surface area contributed by atoms with Crippen LogP contribution in [0.15, 0.2) is 24.3 Å². The van der Waals surface area contributed by atoms with Crippen LogP contribution in [0.1, 0.15) is 36.7 Å². The van der Waals surface area contributed by atoms with Crippen LogP contribution in [-0.4, -0.2) is 45.7 Å². The van der Waals surface area contributed by atoms with Crippen molar-refractivity contribution in [3.05, 3.63) is 41.2 Å². The quantitative estimate of drug-likeness (QED) is 0.633. The van der Waals surface area contributed by atoms with Crippen LogP contribution in [0.25, 0.3) is 11.4 Å². The number of hydrogen-bond donors (Lipinski definition) is 3. The van der Waals surface area contributed by atoms with Crippen molar-refractivity contribution in [1.29, 1.82) is 0 Å². The Morgan fingerprint density at radius 1 is 1.27 bits per heavy atom. The van der Waals surface area contributed by atoms with Crippen molar-refractivity contribution in [2.75, 3.05) is 6.54 Å². The number of aryl methyl sites for hydroxylation is 2. The lowest BCUT2D eigenvalue weighted by molar-refractivity contribution is -0.121. The molecule has 3 heterocycles. The summed E-state index contributed by atoms with van der Waals surface area (Å²) in [4.78, 5) is 21.6. The molecule has 3 N–H and O–H groups in total. The van der Waals surface area contributed by atoms with E-state index >= 15 is 0 Å². The molecule has 1 amide bonds. The lowest BCUT2D eigenvalue weighted by Crippen LogP contribution is -2.54.